The molecule has 0 spiro atoms. The average Bonchev–Trinajstić information content (AvgIpc) is 2.77. The molecule has 5 nitrogen and oxygen atoms in total. The number of hydrogen-bond acceptors (Lipinski definition) is 3. The molecule has 0 unspecified atom stereocenters. The molecule has 0 saturated carbocycles. The van der Waals surface area contributed by atoms with Crippen LogP contribution in [-0.4, -0.2) is 23.6 Å². The zero-order valence-electron chi connectivity index (χ0n) is 18.1. The summed E-state index contributed by atoms with van der Waals surface area (Å²) >= 11 is 0. The van der Waals surface area contributed by atoms with Crippen LogP contribution >= 0.6 is 0 Å². The lowest BCUT2D eigenvalue weighted by atomic mass is 10.1. The molecule has 3 aromatic rings. The summed E-state index contributed by atoms with van der Waals surface area (Å²) in [5.74, 6) is -0.469. The monoisotopic (exact) mass is 417 g/mol. The molecule has 0 aliphatic carbocycles. The first-order chi connectivity index (χ1) is 14.9. The fourth-order valence-electron chi connectivity index (χ4n) is 3.60. The fraction of sp³-hybridized carbons (Fsp3) is 0.231. The molecule has 0 heterocycles. The van der Waals surface area contributed by atoms with Crippen LogP contribution in [0.2, 0.25) is 0 Å². The van der Waals surface area contributed by atoms with Crippen molar-refractivity contribution in [3.8, 4) is 5.75 Å². The number of rotatable bonds is 8. The molecular formula is C26H27NO4. The van der Waals surface area contributed by atoms with E-state index >= 15 is 0 Å². The van der Waals surface area contributed by atoms with E-state index in [9.17, 15) is 14.7 Å². The van der Waals surface area contributed by atoms with E-state index in [0.29, 0.717) is 5.75 Å². The predicted molar refractivity (Wildman–Crippen MR) is 122 cm³/mol. The average molecular weight is 418 g/mol. The van der Waals surface area contributed by atoms with Crippen molar-refractivity contribution in [1.82, 2.24) is 0 Å². The number of carboxylic acid groups (broad SMARTS) is 1. The minimum atomic E-state index is -0.993. The molecule has 0 fully saturated rings. The molecule has 0 saturated heterocycles. The smallest absolute Gasteiger partial charge is 0.335 e. The summed E-state index contributed by atoms with van der Waals surface area (Å²) in [5, 5.41) is 9.31. The van der Waals surface area contributed by atoms with Crippen LogP contribution in [0.4, 0.5) is 5.69 Å². The molecule has 1 amide bonds. The normalized spacial score (nSPS) is 10.5. The van der Waals surface area contributed by atoms with Crippen molar-refractivity contribution in [3.05, 3.63) is 94.5 Å². The van der Waals surface area contributed by atoms with E-state index in [1.165, 1.54) is 0 Å². The van der Waals surface area contributed by atoms with Crippen molar-refractivity contribution in [2.24, 2.45) is 0 Å². The molecular weight excluding hydrogens is 390 g/mol. The molecule has 0 radical (unpaired) electrons. The second-order valence-electron chi connectivity index (χ2n) is 7.48. The van der Waals surface area contributed by atoms with E-state index in [1.807, 2.05) is 69.3 Å². The van der Waals surface area contributed by atoms with Gasteiger partial charge in [-0.05, 0) is 60.7 Å². The molecule has 0 aliphatic heterocycles. The van der Waals surface area contributed by atoms with E-state index in [-0.39, 0.29) is 24.6 Å². The fourth-order valence-corrected chi connectivity index (χ4v) is 3.60. The summed E-state index contributed by atoms with van der Waals surface area (Å²) < 4.78 is 5.92. The molecule has 0 aromatic heterocycles. The number of carbonyl (C=O) groups is 2. The first kappa shape index (κ1) is 22.1. The number of amides is 1. The molecule has 5 heteroatoms. The largest absolute Gasteiger partial charge is 0.483 e. The Morgan fingerprint density at radius 2 is 1.61 bits per heavy atom. The molecule has 3 aromatic carbocycles. The molecule has 31 heavy (non-hydrogen) atoms. The lowest BCUT2D eigenvalue weighted by Gasteiger charge is -2.26. The Morgan fingerprint density at radius 3 is 2.29 bits per heavy atom. The number of aromatic carboxylic acids is 1. The second-order valence-corrected chi connectivity index (χ2v) is 7.48. The predicted octanol–water partition coefficient (Wildman–Crippen LogP) is 5.18. The number of benzene rings is 3. The maximum atomic E-state index is 13.3. The van der Waals surface area contributed by atoms with Crippen LogP contribution in [0.25, 0.3) is 0 Å². The Kier molecular flexibility index (Phi) is 7.08. The van der Waals surface area contributed by atoms with Gasteiger partial charge in [0.2, 0.25) is 0 Å². The number of carbonyl (C=O) groups excluding carboxylic acids is 1. The van der Waals surface area contributed by atoms with Crippen molar-refractivity contribution in [3.63, 3.8) is 0 Å². The van der Waals surface area contributed by atoms with Gasteiger partial charge in [0.25, 0.3) is 5.91 Å². The summed E-state index contributed by atoms with van der Waals surface area (Å²) in [6.07, 6.45) is 0.771. The Bertz CT molecular complexity index is 1070. The van der Waals surface area contributed by atoms with Gasteiger partial charge in [-0.1, -0.05) is 55.5 Å². The molecule has 0 atom stereocenters. The minimum absolute atomic E-state index is 0.109. The van der Waals surface area contributed by atoms with Crippen molar-refractivity contribution in [2.45, 2.75) is 33.7 Å². The van der Waals surface area contributed by atoms with Crippen molar-refractivity contribution >= 4 is 17.6 Å². The molecule has 0 bridgehead atoms. The van der Waals surface area contributed by atoms with Gasteiger partial charge in [-0.25, -0.2) is 4.79 Å². The van der Waals surface area contributed by atoms with Crippen molar-refractivity contribution in [1.29, 1.82) is 0 Å². The van der Waals surface area contributed by atoms with Gasteiger partial charge in [0.15, 0.2) is 6.61 Å². The van der Waals surface area contributed by atoms with Gasteiger partial charge < -0.3 is 14.7 Å². The van der Waals surface area contributed by atoms with Gasteiger partial charge in [-0.2, -0.15) is 0 Å². The van der Waals surface area contributed by atoms with Gasteiger partial charge in [0, 0.05) is 5.69 Å². The summed E-state index contributed by atoms with van der Waals surface area (Å²) in [6, 6.07) is 20.3. The molecule has 160 valence electrons. The third-order valence-corrected chi connectivity index (χ3v) is 5.23. The lowest BCUT2D eigenvalue weighted by molar-refractivity contribution is -0.120. The van der Waals surface area contributed by atoms with Crippen LogP contribution in [0.5, 0.6) is 5.75 Å². The minimum Gasteiger partial charge on any atom is -0.483 e. The highest BCUT2D eigenvalue weighted by Crippen LogP contribution is 2.26. The quantitative estimate of drug-likeness (QED) is 0.549. The summed E-state index contributed by atoms with van der Waals surface area (Å²) in [7, 11) is 0. The summed E-state index contributed by atoms with van der Waals surface area (Å²) in [5.41, 5.74) is 4.73. The van der Waals surface area contributed by atoms with Crippen LogP contribution < -0.4 is 9.64 Å². The Balaban J connectivity index is 1.91. The van der Waals surface area contributed by atoms with Gasteiger partial charge in [0.05, 0.1) is 12.1 Å². The van der Waals surface area contributed by atoms with E-state index in [2.05, 4.69) is 0 Å². The number of nitrogens with zero attached hydrogens (tertiary/aromatic N) is 1. The van der Waals surface area contributed by atoms with Gasteiger partial charge in [-0.3, -0.25) is 4.79 Å². The summed E-state index contributed by atoms with van der Waals surface area (Å²) in [4.78, 5) is 26.4. The van der Waals surface area contributed by atoms with Crippen molar-refractivity contribution in [2.75, 3.05) is 11.5 Å². The Hall–Kier alpha value is -3.60. The van der Waals surface area contributed by atoms with Crippen LogP contribution in [-0.2, 0) is 17.8 Å². The highest BCUT2D eigenvalue weighted by Gasteiger charge is 2.20. The number of hydrogen-bond donors (Lipinski definition) is 1. The number of ether oxygens (including phenoxy) is 1. The number of carboxylic acids is 1. The first-order valence-electron chi connectivity index (χ1n) is 10.3. The zero-order valence-corrected chi connectivity index (χ0v) is 18.1. The lowest BCUT2D eigenvalue weighted by Crippen LogP contribution is -2.35. The number of aryl methyl sites for hydroxylation is 3. The second kappa shape index (κ2) is 9.94. The topological polar surface area (TPSA) is 66.8 Å². The molecule has 1 N–H and O–H groups in total. The van der Waals surface area contributed by atoms with Gasteiger partial charge >= 0.3 is 5.97 Å². The maximum Gasteiger partial charge on any atom is 0.335 e. The first-order valence-corrected chi connectivity index (χ1v) is 10.3. The van der Waals surface area contributed by atoms with Crippen LogP contribution in [0.15, 0.2) is 66.7 Å². The zero-order chi connectivity index (χ0) is 22.4. The number of para-hydroxylation sites is 2. The van der Waals surface area contributed by atoms with E-state index in [1.54, 1.807) is 23.1 Å². The van der Waals surface area contributed by atoms with Gasteiger partial charge in [0.1, 0.15) is 5.75 Å². The van der Waals surface area contributed by atoms with Crippen LogP contribution in [0.1, 0.15) is 39.5 Å². The van der Waals surface area contributed by atoms with Crippen LogP contribution in [0.3, 0.4) is 0 Å². The van der Waals surface area contributed by atoms with E-state index < -0.39 is 5.97 Å². The number of anilines is 1. The van der Waals surface area contributed by atoms with E-state index in [0.717, 1.165) is 34.4 Å². The summed E-state index contributed by atoms with van der Waals surface area (Å²) in [6.45, 7) is 6.10. The Morgan fingerprint density at radius 1 is 0.935 bits per heavy atom. The van der Waals surface area contributed by atoms with Crippen molar-refractivity contribution < 1.29 is 19.4 Å². The van der Waals surface area contributed by atoms with E-state index in [4.69, 9.17) is 4.74 Å². The highest BCUT2D eigenvalue weighted by molar-refractivity contribution is 5.95. The van der Waals surface area contributed by atoms with Gasteiger partial charge in [-0.15, -0.1) is 0 Å². The molecule has 3 rings (SSSR count). The molecule has 0 aliphatic rings. The maximum absolute atomic E-state index is 13.3. The standard InChI is InChI=1S/C26H27NO4/c1-4-21-12-5-6-14-23(21)27(16-20-11-8-13-22(15-20)26(29)30)24(28)17-31-25-18(2)9-7-10-19(25)3/h5-15H,4,16-17H2,1-3H3,(H,29,30). The highest BCUT2D eigenvalue weighted by atomic mass is 16.5. The third-order valence-electron chi connectivity index (χ3n) is 5.23. The SMILES string of the molecule is CCc1ccccc1N(Cc1cccc(C(=O)O)c1)C(=O)COc1c(C)cccc1C. The third kappa shape index (κ3) is 5.31. The van der Waals surface area contributed by atoms with Crippen LogP contribution in [0, 0.1) is 13.8 Å². The Labute approximate surface area is 182 Å².